The second kappa shape index (κ2) is 4.15. The maximum atomic E-state index is 5.85. The second-order valence-electron chi connectivity index (χ2n) is 1.96. The zero-order chi connectivity index (χ0) is 8.27. The first kappa shape index (κ1) is 9.11. The molecule has 0 saturated carbocycles. The SMILES string of the molecule is Clc1ccc(C=CBr)c(Cl)c1. The molecule has 1 aromatic rings. The van der Waals surface area contributed by atoms with Crippen molar-refractivity contribution in [1.29, 1.82) is 0 Å². The summed E-state index contributed by atoms with van der Waals surface area (Å²) in [5.41, 5.74) is 0.952. The first-order chi connectivity index (χ1) is 5.24. The largest absolute Gasteiger partial charge is 0.0843 e. The molecule has 0 amide bonds. The van der Waals surface area contributed by atoms with Crippen LogP contribution in [0.5, 0.6) is 0 Å². The molecule has 0 aromatic heterocycles. The van der Waals surface area contributed by atoms with E-state index in [0.717, 1.165) is 5.56 Å². The lowest BCUT2D eigenvalue weighted by Crippen LogP contribution is -1.73. The van der Waals surface area contributed by atoms with E-state index in [1.54, 1.807) is 17.1 Å². The van der Waals surface area contributed by atoms with Crippen molar-refractivity contribution in [2.24, 2.45) is 0 Å². The van der Waals surface area contributed by atoms with E-state index < -0.39 is 0 Å². The highest BCUT2D eigenvalue weighted by Gasteiger charge is 1.95. The van der Waals surface area contributed by atoms with Gasteiger partial charge in [-0.1, -0.05) is 45.2 Å². The molecule has 0 aliphatic rings. The molecule has 0 unspecified atom stereocenters. The highest BCUT2D eigenvalue weighted by atomic mass is 79.9. The van der Waals surface area contributed by atoms with E-state index in [1.807, 2.05) is 12.1 Å². The van der Waals surface area contributed by atoms with Crippen LogP contribution >= 0.6 is 39.1 Å². The molecule has 0 atom stereocenters. The molecule has 11 heavy (non-hydrogen) atoms. The van der Waals surface area contributed by atoms with Crippen LogP contribution in [0.1, 0.15) is 5.56 Å². The molecular formula is C8H5BrCl2. The summed E-state index contributed by atoms with van der Waals surface area (Å²) in [6.07, 6.45) is 1.86. The van der Waals surface area contributed by atoms with Crippen LogP contribution in [0.25, 0.3) is 6.08 Å². The Labute approximate surface area is 83.9 Å². The standard InChI is InChI=1S/C8H5BrCl2/c9-4-3-6-1-2-7(10)5-8(6)11/h1-5H. The maximum absolute atomic E-state index is 5.85. The van der Waals surface area contributed by atoms with E-state index in [-0.39, 0.29) is 0 Å². The van der Waals surface area contributed by atoms with Gasteiger partial charge >= 0.3 is 0 Å². The molecule has 0 fully saturated rings. The van der Waals surface area contributed by atoms with Gasteiger partial charge in [-0.3, -0.25) is 0 Å². The molecule has 0 aliphatic carbocycles. The average Bonchev–Trinajstić information content (AvgIpc) is 1.95. The van der Waals surface area contributed by atoms with E-state index in [9.17, 15) is 0 Å². The van der Waals surface area contributed by atoms with Gasteiger partial charge in [0.05, 0.1) is 0 Å². The second-order valence-corrected chi connectivity index (χ2v) is 3.33. The zero-order valence-electron chi connectivity index (χ0n) is 5.52. The molecule has 0 saturated heterocycles. The maximum Gasteiger partial charge on any atom is 0.0493 e. The summed E-state index contributed by atoms with van der Waals surface area (Å²) in [5.74, 6) is 0. The Morgan fingerprint density at radius 3 is 2.55 bits per heavy atom. The predicted molar refractivity (Wildman–Crippen MR) is 54.4 cm³/mol. The Bertz CT molecular complexity index is 281. The summed E-state index contributed by atoms with van der Waals surface area (Å²) in [4.78, 5) is 1.75. The molecule has 0 heterocycles. The van der Waals surface area contributed by atoms with E-state index in [0.29, 0.717) is 10.0 Å². The van der Waals surface area contributed by atoms with Gasteiger partial charge in [0.1, 0.15) is 0 Å². The van der Waals surface area contributed by atoms with E-state index >= 15 is 0 Å². The smallest absolute Gasteiger partial charge is 0.0493 e. The van der Waals surface area contributed by atoms with Gasteiger partial charge in [-0.25, -0.2) is 0 Å². The van der Waals surface area contributed by atoms with Crippen LogP contribution in [0.2, 0.25) is 10.0 Å². The molecule has 1 rings (SSSR count). The Balaban J connectivity index is 3.09. The first-order valence-electron chi connectivity index (χ1n) is 2.96. The van der Waals surface area contributed by atoms with Crippen LogP contribution in [-0.4, -0.2) is 0 Å². The number of halogens is 3. The fraction of sp³-hybridized carbons (Fsp3) is 0. The lowest BCUT2D eigenvalue weighted by Gasteiger charge is -1.96. The van der Waals surface area contributed by atoms with Crippen LogP contribution < -0.4 is 0 Å². The summed E-state index contributed by atoms with van der Waals surface area (Å²) in [6, 6.07) is 5.38. The topological polar surface area (TPSA) is 0 Å². The van der Waals surface area contributed by atoms with Crippen molar-refractivity contribution in [3.05, 3.63) is 38.8 Å². The van der Waals surface area contributed by atoms with Gasteiger partial charge in [0, 0.05) is 10.0 Å². The average molecular weight is 252 g/mol. The summed E-state index contributed by atoms with van der Waals surface area (Å²) in [7, 11) is 0. The van der Waals surface area contributed by atoms with Crippen molar-refractivity contribution in [1.82, 2.24) is 0 Å². The van der Waals surface area contributed by atoms with E-state index in [1.165, 1.54) is 0 Å². The molecule has 0 N–H and O–H groups in total. The summed E-state index contributed by atoms with van der Waals surface area (Å²) >= 11 is 14.7. The summed E-state index contributed by atoms with van der Waals surface area (Å²) < 4.78 is 0. The molecule has 0 aliphatic heterocycles. The van der Waals surface area contributed by atoms with Gasteiger partial charge < -0.3 is 0 Å². The van der Waals surface area contributed by atoms with Crippen molar-refractivity contribution in [3.63, 3.8) is 0 Å². The van der Waals surface area contributed by atoms with Crippen molar-refractivity contribution in [2.45, 2.75) is 0 Å². The van der Waals surface area contributed by atoms with Crippen molar-refractivity contribution in [3.8, 4) is 0 Å². The Hall–Kier alpha value is 0.0200. The highest BCUT2D eigenvalue weighted by Crippen LogP contribution is 2.22. The zero-order valence-corrected chi connectivity index (χ0v) is 8.62. The Morgan fingerprint density at radius 2 is 2.00 bits per heavy atom. The number of benzene rings is 1. The third-order valence-electron chi connectivity index (χ3n) is 1.21. The molecule has 0 bridgehead atoms. The van der Waals surface area contributed by atoms with Gasteiger partial charge in [-0.15, -0.1) is 0 Å². The Kier molecular flexibility index (Phi) is 3.44. The summed E-state index contributed by atoms with van der Waals surface area (Å²) in [5, 5.41) is 1.31. The van der Waals surface area contributed by atoms with E-state index in [4.69, 9.17) is 23.2 Å². The van der Waals surface area contributed by atoms with Crippen molar-refractivity contribution < 1.29 is 0 Å². The third-order valence-corrected chi connectivity index (χ3v) is 2.03. The molecule has 0 nitrogen and oxygen atoms in total. The lowest BCUT2D eigenvalue weighted by atomic mass is 10.2. The van der Waals surface area contributed by atoms with Crippen LogP contribution in [0, 0.1) is 0 Å². The van der Waals surface area contributed by atoms with Gasteiger partial charge in [0.25, 0.3) is 0 Å². The number of hydrogen-bond donors (Lipinski definition) is 0. The quantitative estimate of drug-likeness (QED) is 0.696. The normalized spacial score (nSPS) is 10.8. The van der Waals surface area contributed by atoms with Crippen LogP contribution in [0.15, 0.2) is 23.2 Å². The fourth-order valence-electron chi connectivity index (χ4n) is 0.705. The molecule has 0 spiro atoms. The van der Waals surface area contributed by atoms with Gasteiger partial charge in [-0.2, -0.15) is 0 Å². The van der Waals surface area contributed by atoms with Crippen LogP contribution in [0.3, 0.4) is 0 Å². The molecular weight excluding hydrogens is 247 g/mol. The fourth-order valence-corrected chi connectivity index (χ4v) is 1.46. The predicted octanol–water partition coefficient (Wildman–Crippen LogP) is 4.36. The van der Waals surface area contributed by atoms with Crippen molar-refractivity contribution in [2.75, 3.05) is 0 Å². The third kappa shape index (κ3) is 2.51. The summed E-state index contributed by atoms with van der Waals surface area (Å²) in [6.45, 7) is 0. The van der Waals surface area contributed by atoms with Gasteiger partial charge in [0.2, 0.25) is 0 Å². The minimum atomic E-state index is 0.654. The van der Waals surface area contributed by atoms with Crippen molar-refractivity contribution >= 4 is 45.2 Å². The highest BCUT2D eigenvalue weighted by molar-refractivity contribution is 9.11. The van der Waals surface area contributed by atoms with E-state index in [2.05, 4.69) is 15.9 Å². The molecule has 0 radical (unpaired) electrons. The number of rotatable bonds is 1. The molecule has 3 heteroatoms. The monoisotopic (exact) mass is 250 g/mol. The first-order valence-corrected chi connectivity index (χ1v) is 4.63. The minimum absolute atomic E-state index is 0.654. The number of hydrogen-bond acceptors (Lipinski definition) is 0. The van der Waals surface area contributed by atoms with Crippen LogP contribution in [-0.2, 0) is 0 Å². The lowest BCUT2D eigenvalue weighted by molar-refractivity contribution is 1.66. The molecule has 58 valence electrons. The van der Waals surface area contributed by atoms with Gasteiger partial charge in [-0.05, 0) is 28.8 Å². The van der Waals surface area contributed by atoms with Crippen LogP contribution in [0.4, 0.5) is 0 Å². The molecule has 1 aromatic carbocycles. The minimum Gasteiger partial charge on any atom is -0.0843 e. The van der Waals surface area contributed by atoms with Gasteiger partial charge in [0.15, 0.2) is 0 Å². The Morgan fingerprint density at radius 1 is 1.27 bits per heavy atom.